The zero-order valence-electron chi connectivity index (χ0n) is 14.0. The van der Waals surface area contributed by atoms with Gasteiger partial charge in [-0.25, -0.2) is 9.78 Å². The zero-order valence-corrected chi connectivity index (χ0v) is 14.8. The van der Waals surface area contributed by atoms with Crippen LogP contribution < -0.4 is 11.2 Å². The molecule has 0 saturated carbocycles. The molecular weight excluding hydrogens is 324 g/mol. The van der Waals surface area contributed by atoms with E-state index in [1.54, 1.807) is 18.8 Å². The fraction of sp³-hybridized carbons (Fsp3) is 0.353. The van der Waals surface area contributed by atoms with Crippen LogP contribution in [0.4, 0.5) is 0 Å². The molecule has 0 amide bonds. The Morgan fingerprint density at radius 3 is 2.54 bits per heavy atom. The molecule has 0 aliphatic carbocycles. The number of aryl methyl sites for hydroxylation is 3. The van der Waals surface area contributed by atoms with Crippen LogP contribution >= 0.6 is 11.8 Å². The molecule has 24 heavy (non-hydrogen) atoms. The van der Waals surface area contributed by atoms with Crippen LogP contribution in [0, 0.1) is 6.92 Å². The van der Waals surface area contributed by atoms with Crippen LogP contribution in [0.15, 0.2) is 38.8 Å². The molecule has 0 atom stereocenters. The van der Waals surface area contributed by atoms with E-state index in [-0.39, 0.29) is 11.2 Å². The topological polar surface area (TPSA) is 72.7 Å². The van der Waals surface area contributed by atoms with Crippen LogP contribution in [-0.2, 0) is 20.5 Å². The molecule has 7 heteroatoms. The number of aromatic nitrogens is 4. The first-order valence-electron chi connectivity index (χ1n) is 7.81. The Morgan fingerprint density at radius 1 is 1.12 bits per heavy atom. The van der Waals surface area contributed by atoms with Crippen LogP contribution in [-0.4, -0.2) is 24.9 Å². The minimum atomic E-state index is -0.361. The standard InChI is InChI=1S/C17H20N4O2S/c1-11-6-8-12(9-7-11)24-10-4-5-13-18-14-15(19-13)20(2)17(23)21(3)16(14)22/h6-9H,4-5,10H2,1-3H3,(H,18,19). The molecule has 0 saturated heterocycles. The lowest BCUT2D eigenvalue weighted by Gasteiger charge is -2.01. The van der Waals surface area contributed by atoms with Gasteiger partial charge in [-0.1, -0.05) is 17.7 Å². The number of imidazole rings is 1. The normalized spacial score (nSPS) is 11.3. The largest absolute Gasteiger partial charge is 0.336 e. The Balaban J connectivity index is 1.69. The lowest BCUT2D eigenvalue weighted by molar-refractivity contribution is 0.708. The summed E-state index contributed by atoms with van der Waals surface area (Å²) in [6.45, 7) is 2.08. The molecule has 0 fully saturated rings. The van der Waals surface area contributed by atoms with Crippen LogP contribution in [0.2, 0.25) is 0 Å². The maximum absolute atomic E-state index is 12.1. The van der Waals surface area contributed by atoms with Crippen molar-refractivity contribution in [2.75, 3.05) is 5.75 Å². The van der Waals surface area contributed by atoms with Gasteiger partial charge in [-0.05, 0) is 31.2 Å². The minimum Gasteiger partial charge on any atom is -0.336 e. The third-order valence-electron chi connectivity index (χ3n) is 3.99. The molecule has 2 heterocycles. The van der Waals surface area contributed by atoms with Gasteiger partial charge in [0.1, 0.15) is 11.3 Å². The van der Waals surface area contributed by atoms with Gasteiger partial charge in [0.2, 0.25) is 0 Å². The van der Waals surface area contributed by atoms with E-state index in [0.717, 1.165) is 29.0 Å². The van der Waals surface area contributed by atoms with Crippen molar-refractivity contribution in [1.29, 1.82) is 0 Å². The molecule has 0 unspecified atom stereocenters. The van der Waals surface area contributed by atoms with Crippen molar-refractivity contribution in [2.45, 2.75) is 24.7 Å². The molecule has 0 bridgehead atoms. The second-order valence-corrected chi connectivity index (χ2v) is 7.02. The summed E-state index contributed by atoms with van der Waals surface area (Å²) < 4.78 is 2.50. The number of hydrogen-bond donors (Lipinski definition) is 1. The summed E-state index contributed by atoms with van der Waals surface area (Å²) in [5.74, 6) is 1.71. The number of aromatic amines is 1. The highest BCUT2D eigenvalue weighted by molar-refractivity contribution is 7.99. The quantitative estimate of drug-likeness (QED) is 0.567. The Hall–Kier alpha value is -2.28. The van der Waals surface area contributed by atoms with E-state index in [0.29, 0.717) is 11.2 Å². The summed E-state index contributed by atoms with van der Waals surface area (Å²) in [5, 5.41) is 0. The number of nitrogens with zero attached hydrogens (tertiary/aromatic N) is 3. The molecule has 1 N–H and O–H groups in total. The monoisotopic (exact) mass is 344 g/mol. The molecule has 0 aliphatic heterocycles. The number of fused-ring (bicyclic) bond motifs is 1. The molecule has 1 aromatic carbocycles. The lowest BCUT2D eigenvalue weighted by Crippen LogP contribution is -2.36. The zero-order chi connectivity index (χ0) is 17.3. The molecule has 2 aromatic heterocycles. The van der Waals surface area contributed by atoms with Gasteiger partial charge in [-0.15, -0.1) is 11.8 Å². The SMILES string of the molecule is Cc1ccc(SCCCc2nc3c([nH]2)c(=O)n(C)c(=O)n3C)cc1. The fourth-order valence-electron chi connectivity index (χ4n) is 2.56. The third-order valence-corrected chi connectivity index (χ3v) is 5.09. The van der Waals surface area contributed by atoms with E-state index in [4.69, 9.17) is 0 Å². The number of nitrogens with one attached hydrogen (secondary N) is 1. The van der Waals surface area contributed by atoms with Crippen molar-refractivity contribution in [1.82, 2.24) is 19.1 Å². The van der Waals surface area contributed by atoms with E-state index < -0.39 is 0 Å². The average molecular weight is 344 g/mol. The van der Waals surface area contributed by atoms with Gasteiger partial charge in [0.25, 0.3) is 5.56 Å². The lowest BCUT2D eigenvalue weighted by atomic mass is 10.2. The molecule has 0 aliphatic rings. The van der Waals surface area contributed by atoms with Crippen molar-refractivity contribution in [3.05, 3.63) is 56.5 Å². The smallest absolute Gasteiger partial charge is 0.332 e. The second kappa shape index (κ2) is 6.68. The molecule has 3 aromatic rings. The first kappa shape index (κ1) is 16.6. The Labute approximate surface area is 143 Å². The third kappa shape index (κ3) is 3.17. The predicted molar refractivity (Wildman–Crippen MR) is 96.8 cm³/mol. The Morgan fingerprint density at radius 2 is 1.83 bits per heavy atom. The maximum Gasteiger partial charge on any atom is 0.332 e. The highest BCUT2D eigenvalue weighted by Gasteiger charge is 2.13. The van der Waals surface area contributed by atoms with Crippen LogP contribution in [0.3, 0.4) is 0 Å². The van der Waals surface area contributed by atoms with Crippen LogP contribution in [0.25, 0.3) is 11.2 Å². The van der Waals surface area contributed by atoms with E-state index in [1.807, 2.05) is 0 Å². The molecule has 0 spiro atoms. The predicted octanol–water partition coefficient (Wildman–Crippen LogP) is 1.99. The van der Waals surface area contributed by atoms with Gasteiger partial charge >= 0.3 is 5.69 Å². The number of H-pyrrole nitrogens is 1. The van der Waals surface area contributed by atoms with E-state index in [9.17, 15) is 9.59 Å². The van der Waals surface area contributed by atoms with Crippen LogP contribution in [0.5, 0.6) is 0 Å². The highest BCUT2D eigenvalue weighted by atomic mass is 32.2. The van der Waals surface area contributed by atoms with E-state index >= 15 is 0 Å². The first-order valence-corrected chi connectivity index (χ1v) is 8.80. The van der Waals surface area contributed by atoms with E-state index in [2.05, 4.69) is 41.2 Å². The minimum absolute atomic E-state index is 0.333. The summed E-state index contributed by atoms with van der Waals surface area (Å²) in [6.07, 6.45) is 1.68. The van der Waals surface area contributed by atoms with E-state index in [1.165, 1.54) is 22.1 Å². The number of rotatable bonds is 5. The van der Waals surface area contributed by atoms with Crippen molar-refractivity contribution in [3.8, 4) is 0 Å². The first-order chi connectivity index (χ1) is 11.5. The Bertz CT molecular complexity index is 983. The number of hydrogen-bond acceptors (Lipinski definition) is 4. The van der Waals surface area contributed by atoms with Gasteiger partial charge in [0, 0.05) is 25.4 Å². The second-order valence-electron chi connectivity index (χ2n) is 5.85. The summed E-state index contributed by atoms with van der Waals surface area (Å²) in [7, 11) is 3.10. The van der Waals surface area contributed by atoms with Gasteiger partial charge in [-0.2, -0.15) is 0 Å². The molecule has 0 radical (unpaired) electrons. The summed E-state index contributed by atoms with van der Waals surface area (Å²) in [4.78, 5) is 32.8. The van der Waals surface area contributed by atoms with Crippen molar-refractivity contribution in [3.63, 3.8) is 0 Å². The van der Waals surface area contributed by atoms with Gasteiger partial charge in [0.05, 0.1) is 0 Å². The van der Waals surface area contributed by atoms with Gasteiger partial charge in [0.15, 0.2) is 5.65 Å². The Kier molecular flexibility index (Phi) is 4.62. The van der Waals surface area contributed by atoms with Crippen LogP contribution in [0.1, 0.15) is 17.8 Å². The van der Waals surface area contributed by atoms with Gasteiger partial charge in [-0.3, -0.25) is 13.9 Å². The highest BCUT2D eigenvalue weighted by Crippen LogP contribution is 2.19. The molecule has 126 valence electrons. The van der Waals surface area contributed by atoms with Crippen molar-refractivity contribution in [2.24, 2.45) is 14.1 Å². The fourth-order valence-corrected chi connectivity index (χ4v) is 3.41. The van der Waals surface area contributed by atoms with Gasteiger partial charge < -0.3 is 4.98 Å². The molecule has 6 nitrogen and oxygen atoms in total. The number of benzene rings is 1. The summed E-state index contributed by atoms with van der Waals surface area (Å²) in [5.41, 5.74) is 1.38. The maximum atomic E-state index is 12.1. The van der Waals surface area contributed by atoms with Crippen molar-refractivity contribution < 1.29 is 0 Å². The molecular formula is C17H20N4O2S. The summed E-state index contributed by atoms with van der Waals surface area (Å²) >= 11 is 1.80. The average Bonchev–Trinajstić information content (AvgIpc) is 3.01. The summed E-state index contributed by atoms with van der Waals surface area (Å²) in [6, 6.07) is 8.47. The number of thioether (sulfide) groups is 1. The molecule has 3 rings (SSSR count). The van der Waals surface area contributed by atoms with Crippen molar-refractivity contribution >= 4 is 22.9 Å².